The van der Waals surface area contributed by atoms with Gasteiger partial charge in [0.2, 0.25) is 5.60 Å². The van der Waals surface area contributed by atoms with Gasteiger partial charge in [0, 0.05) is 10.4 Å². The summed E-state index contributed by atoms with van der Waals surface area (Å²) in [5, 5.41) is 15.5. The summed E-state index contributed by atoms with van der Waals surface area (Å²) in [6.07, 6.45) is -3.69. The van der Waals surface area contributed by atoms with Crippen LogP contribution in [0.25, 0.3) is 16.6 Å². The van der Waals surface area contributed by atoms with Crippen molar-refractivity contribution in [3.05, 3.63) is 88.3 Å². The summed E-state index contributed by atoms with van der Waals surface area (Å²) in [6.45, 7) is -1.13. The number of hydrogen-bond donors (Lipinski definition) is 1. The Labute approximate surface area is 189 Å². The Bertz CT molecular complexity index is 1280. The predicted molar refractivity (Wildman–Crippen MR) is 113 cm³/mol. The van der Waals surface area contributed by atoms with Crippen LogP contribution in [0, 0.1) is 5.82 Å². The molecular weight excluding hydrogens is 471 g/mol. The minimum absolute atomic E-state index is 0.0121. The highest BCUT2D eigenvalue weighted by atomic mass is 35.5. The Kier molecular flexibility index (Phi) is 5.79. The number of rotatable bonds is 5. The normalized spacial score (nSPS) is 13.8. The maximum absolute atomic E-state index is 13.9. The third kappa shape index (κ3) is 4.13. The first kappa shape index (κ1) is 22.4. The third-order valence-corrected chi connectivity index (χ3v) is 5.45. The molecule has 1 heterocycles. The van der Waals surface area contributed by atoms with Gasteiger partial charge in [-0.1, -0.05) is 29.3 Å². The molecular formula is C22H14Cl2F4N2O2. The van der Waals surface area contributed by atoms with Gasteiger partial charge < -0.3 is 9.84 Å². The molecule has 10 heteroatoms. The van der Waals surface area contributed by atoms with Crippen LogP contribution in [-0.2, 0) is 5.60 Å². The van der Waals surface area contributed by atoms with Crippen molar-refractivity contribution in [2.45, 2.75) is 11.8 Å². The zero-order valence-electron chi connectivity index (χ0n) is 16.1. The lowest BCUT2D eigenvalue weighted by Crippen LogP contribution is -2.47. The van der Waals surface area contributed by atoms with Gasteiger partial charge in [0.05, 0.1) is 22.4 Å². The van der Waals surface area contributed by atoms with E-state index in [2.05, 4.69) is 5.10 Å². The molecule has 0 saturated carbocycles. The van der Waals surface area contributed by atoms with Crippen molar-refractivity contribution < 1.29 is 27.4 Å². The molecule has 0 aliphatic carbocycles. The van der Waals surface area contributed by atoms with Crippen LogP contribution in [0.2, 0.25) is 10.0 Å². The highest BCUT2D eigenvalue weighted by molar-refractivity contribution is 6.35. The van der Waals surface area contributed by atoms with Crippen LogP contribution < -0.4 is 4.74 Å². The zero-order chi connectivity index (χ0) is 23.1. The number of halogens is 6. The molecule has 0 aliphatic heterocycles. The Hall–Kier alpha value is -2.81. The summed E-state index contributed by atoms with van der Waals surface area (Å²) in [6, 6.07) is 13.2. The van der Waals surface area contributed by atoms with Crippen molar-refractivity contribution in [3.8, 4) is 11.4 Å². The molecule has 4 aromatic rings. The second-order valence-corrected chi connectivity index (χ2v) is 7.87. The number of alkyl halides is 3. The van der Waals surface area contributed by atoms with Crippen LogP contribution in [0.15, 0.2) is 66.9 Å². The monoisotopic (exact) mass is 484 g/mol. The molecule has 3 aromatic carbocycles. The number of aromatic nitrogens is 2. The van der Waals surface area contributed by atoms with E-state index in [0.717, 1.165) is 6.07 Å². The SMILES string of the molecule is OC(COc1ccc(Cl)cc1Cl)(c1ccc2c(cnn2-c2ccc(F)cc2)c1)C(F)(F)F. The van der Waals surface area contributed by atoms with Gasteiger partial charge in [0.15, 0.2) is 0 Å². The van der Waals surface area contributed by atoms with E-state index in [-0.39, 0.29) is 15.8 Å². The number of ether oxygens (including phenoxy) is 1. The van der Waals surface area contributed by atoms with Crippen LogP contribution in [0.5, 0.6) is 5.75 Å². The number of benzene rings is 3. The largest absolute Gasteiger partial charge is 0.488 e. The van der Waals surface area contributed by atoms with Crippen LogP contribution in [-0.4, -0.2) is 27.7 Å². The van der Waals surface area contributed by atoms with Gasteiger partial charge in [0.25, 0.3) is 0 Å². The zero-order valence-corrected chi connectivity index (χ0v) is 17.6. The van der Waals surface area contributed by atoms with Crippen molar-refractivity contribution in [1.82, 2.24) is 9.78 Å². The smallest absolute Gasteiger partial charge is 0.424 e. The first-order chi connectivity index (χ1) is 15.1. The Morgan fingerprint density at radius 1 is 0.969 bits per heavy atom. The van der Waals surface area contributed by atoms with E-state index in [4.69, 9.17) is 27.9 Å². The summed E-state index contributed by atoms with van der Waals surface area (Å²) < 4.78 is 61.6. The van der Waals surface area contributed by atoms with E-state index in [9.17, 15) is 22.7 Å². The van der Waals surface area contributed by atoms with Crippen molar-refractivity contribution in [2.75, 3.05) is 6.61 Å². The molecule has 0 aliphatic rings. The summed E-state index contributed by atoms with van der Waals surface area (Å²) >= 11 is 11.7. The Morgan fingerprint density at radius 2 is 1.69 bits per heavy atom. The fourth-order valence-corrected chi connectivity index (χ4v) is 3.64. The molecule has 1 unspecified atom stereocenters. The summed E-state index contributed by atoms with van der Waals surface area (Å²) in [5.41, 5.74) is -2.74. The fraction of sp³-hybridized carbons (Fsp3) is 0.136. The lowest BCUT2D eigenvalue weighted by Gasteiger charge is -2.31. The third-order valence-electron chi connectivity index (χ3n) is 4.92. The first-order valence-electron chi connectivity index (χ1n) is 9.20. The van der Waals surface area contributed by atoms with Gasteiger partial charge >= 0.3 is 6.18 Å². The standard InChI is InChI=1S/C22H14Cl2F4N2O2/c23-15-2-8-20(18(24)10-15)32-12-21(31,22(26,27)28)14-1-7-19-13(9-14)11-29-30(19)17-5-3-16(25)4-6-17/h1-11,31H,12H2. The van der Waals surface area contributed by atoms with Crippen molar-refractivity contribution in [1.29, 1.82) is 0 Å². The maximum Gasteiger partial charge on any atom is 0.424 e. The van der Waals surface area contributed by atoms with Gasteiger partial charge in [-0.2, -0.15) is 18.3 Å². The molecule has 0 saturated heterocycles. The average Bonchev–Trinajstić information content (AvgIpc) is 3.16. The summed E-state index contributed by atoms with van der Waals surface area (Å²) in [5.74, 6) is -0.479. The number of nitrogens with zero attached hydrogens (tertiary/aromatic N) is 2. The van der Waals surface area contributed by atoms with E-state index >= 15 is 0 Å². The lowest BCUT2D eigenvalue weighted by molar-refractivity contribution is -0.275. The predicted octanol–water partition coefficient (Wildman–Crippen LogP) is 6.30. The van der Waals surface area contributed by atoms with Gasteiger partial charge in [-0.3, -0.25) is 0 Å². The number of fused-ring (bicyclic) bond motifs is 1. The second-order valence-electron chi connectivity index (χ2n) is 7.03. The van der Waals surface area contributed by atoms with Gasteiger partial charge in [-0.05, 0) is 60.2 Å². The summed E-state index contributed by atoms with van der Waals surface area (Å²) in [4.78, 5) is 0. The van der Waals surface area contributed by atoms with Crippen LogP contribution in [0.1, 0.15) is 5.56 Å². The number of aliphatic hydroxyl groups is 1. The van der Waals surface area contributed by atoms with Crippen LogP contribution in [0.4, 0.5) is 17.6 Å². The Morgan fingerprint density at radius 3 is 2.34 bits per heavy atom. The van der Waals surface area contributed by atoms with Gasteiger partial charge in [-0.15, -0.1) is 0 Å². The average molecular weight is 485 g/mol. The molecule has 1 N–H and O–H groups in total. The minimum Gasteiger partial charge on any atom is -0.488 e. The maximum atomic E-state index is 13.9. The van der Waals surface area contributed by atoms with E-state index in [1.165, 1.54) is 65.5 Å². The molecule has 4 nitrogen and oxygen atoms in total. The van der Waals surface area contributed by atoms with E-state index in [0.29, 0.717) is 16.6 Å². The van der Waals surface area contributed by atoms with Gasteiger partial charge in [0.1, 0.15) is 18.2 Å². The molecule has 166 valence electrons. The first-order valence-corrected chi connectivity index (χ1v) is 9.95. The molecule has 4 rings (SSSR count). The van der Waals surface area contributed by atoms with E-state index in [1.807, 2.05) is 0 Å². The highest BCUT2D eigenvalue weighted by Crippen LogP contribution is 2.41. The fourth-order valence-electron chi connectivity index (χ4n) is 3.18. The Balaban J connectivity index is 1.70. The molecule has 0 amide bonds. The van der Waals surface area contributed by atoms with Crippen LogP contribution >= 0.6 is 23.2 Å². The van der Waals surface area contributed by atoms with Crippen molar-refractivity contribution >= 4 is 34.1 Å². The summed E-state index contributed by atoms with van der Waals surface area (Å²) in [7, 11) is 0. The van der Waals surface area contributed by atoms with Gasteiger partial charge in [-0.25, -0.2) is 9.07 Å². The topological polar surface area (TPSA) is 47.3 Å². The van der Waals surface area contributed by atoms with Crippen molar-refractivity contribution in [2.24, 2.45) is 0 Å². The molecule has 0 radical (unpaired) electrons. The molecule has 1 atom stereocenters. The number of hydrogen-bond acceptors (Lipinski definition) is 3. The quantitative estimate of drug-likeness (QED) is 0.338. The second kappa shape index (κ2) is 8.27. The molecule has 0 bridgehead atoms. The molecule has 0 spiro atoms. The lowest BCUT2D eigenvalue weighted by atomic mass is 9.93. The minimum atomic E-state index is -5.05. The highest BCUT2D eigenvalue weighted by Gasteiger charge is 2.56. The molecule has 0 fully saturated rings. The van der Waals surface area contributed by atoms with Crippen molar-refractivity contribution in [3.63, 3.8) is 0 Å². The van der Waals surface area contributed by atoms with Crippen LogP contribution in [0.3, 0.4) is 0 Å². The van der Waals surface area contributed by atoms with E-state index < -0.39 is 29.8 Å². The van der Waals surface area contributed by atoms with E-state index in [1.54, 1.807) is 0 Å². The molecule has 1 aromatic heterocycles. The molecule has 32 heavy (non-hydrogen) atoms.